The van der Waals surface area contributed by atoms with Crippen LogP contribution in [0.4, 0.5) is 0 Å². The third-order valence-corrected chi connectivity index (χ3v) is 4.75. The molecule has 0 fully saturated rings. The predicted molar refractivity (Wildman–Crippen MR) is 88.5 cm³/mol. The number of rotatable bonds is 2. The molecule has 4 aromatic rings. The number of pyridine rings is 1. The fourth-order valence-electron chi connectivity index (χ4n) is 2.28. The van der Waals surface area contributed by atoms with Gasteiger partial charge in [-0.25, -0.2) is 14.8 Å². The normalized spacial score (nSPS) is 11.3. The van der Waals surface area contributed by atoms with Gasteiger partial charge in [-0.1, -0.05) is 23.5 Å². The Bertz CT molecular complexity index is 1020. The Labute approximate surface area is 137 Å². The lowest BCUT2D eigenvalue weighted by atomic mass is 10.1. The minimum atomic E-state index is -0.932. The highest BCUT2D eigenvalue weighted by atomic mass is 79.9. The van der Waals surface area contributed by atoms with Gasteiger partial charge < -0.3 is 5.11 Å². The van der Waals surface area contributed by atoms with E-state index in [0.717, 1.165) is 31.0 Å². The second-order valence-corrected chi connectivity index (χ2v) is 6.66. The molecule has 0 saturated carbocycles. The summed E-state index contributed by atoms with van der Waals surface area (Å²) in [5.74, 6) is -0.932. The molecule has 0 atom stereocenters. The number of imidazole rings is 1. The minimum absolute atomic E-state index is 0.265. The van der Waals surface area contributed by atoms with Gasteiger partial charge in [-0.05, 0) is 34.1 Å². The average molecular weight is 374 g/mol. The van der Waals surface area contributed by atoms with Crippen LogP contribution >= 0.6 is 27.3 Å². The molecule has 4 rings (SSSR count). The number of nitrogens with zero attached hydrogens (tertiary/aromatic N) is 3. The molecule has 0 radical (unpaired) electrons. The van der Waals surface area contributed by atoms with Gasteiger partial charge in [0.25, 0.3) is 0 Å². The largest absolute Gasteiger partial charge is 0.478 e. The Balaban J connectivity index is 1.84. The van der Waals surface area contributed by atoms with E-state index in [1.807, 2.05) is 16.7 Å². The number of hydrogen-bond acceptors (Lipinski definition) is 4. The standard InChI is InChI=1S/C15H8BrN3O2S/c16-10-5-12-13(17-6-10)19-7-11(18-15(19)22-12)8-1-3-9(4-2-8)14(20)21/h1-7H,(H,20,21). The molecule has 1 N–H and O–H groups in total. The van der Waals surface area contributed by atoms with Crippen molar-refractivity contribution in [3.8, 4) is 11.3 Å². The van der Waals surface area contributed by atoms with Crippen molar-refractivity contribution in [2.45, 2.75) is 0 Å². The molecule has 0 spiro atoms. The molecular weight excluding hydrogens is 366 g/mol. The molecule has 0 aliphatic carbocycles. The number of carboxylic acids is 1. The molecule has 0 saturated heterocycles. The van der Waals surface area contributed by atoms with Crippen molar-refractivity contribution in [2.24, 2.45) is 0 Å². The molecule has 7 heteroatoms. The quantitative estimate of drug-likeness (QED) is 0.574. The van der Waals surface area contributed by atoms with Crippen molar-refractivity contribution >= 4 is 48.5 Å². The van der Waals surface area contributed by atoms with Gasteiger partial charge in [0.15, 0.2) is 10.6 Å². The summed E-state index contributed by atoms with van der Waals surface area (Å²) < 4.78 is 3.95. The topological polar surface area (TPSA) is 67.5 Å². The van der Waals surface area contributed by atoms with E-state index in [2.05, 4.69) is 25.9 Å². The summed E-state index contributed by atoms with van der Waals surface area (Å²) in [6.45, 7) is 0. The van der Waals surface area contributed by atoms with Crippen LogP contribution in [0.25, 0.3) is 26.6 Å². The van der Waals surface area contributed by atoms with Gasteiger partial charge in [0.1, 0.15) is 0 Å². The van der Waals surface area contributed by atoms with Crippen LogP contribution in [0.2, 0.25) is 0 Å². The van der Waals surface area contributed by atoms with E-state index < -0.39 is 5.97 Å². The molecule has 5 nitrogen and oxygen atoms in total. The Morgan fingerprint density at radius 2 is 2.05 bits per heavy atom. The van der Waals surface area contributed by atoms with Crippen LogP contribution in [0, 0.1) is 0 Å². The summed E-state index contributed by atoms with van der Waals surface area (Å²) in [6.07, 6.45) is 3.68. The maximum Gasteiger partial charge on any atom is 0.335 e. The number of benzene rings is 1. The Morgan fingerprint density at radius 3 is 2.77 bits per heavy atom. The van der Waals surface area contributed by atoms with E-state index >= 15 is 0 Å². The minimum Gasteiger partial charge on any atom is -0.478 e. The van der Waals surface area contributed by atoms with Crippen LogP contribution in [0.15, 0.2) is 47.2 Å². The molecule has 3 aromatic heterocycles. The third-order valence-electron chi connectivity index (χ3n) is 3.33. The fourth-order valence-corrected chi connectivity index (χ4v) is 3.77. The first-order valence-corrected chi connectivity index (χ1v) is 7.99. The summed E-state index contributed by atoms with van der Waals surface area (Å²) in [6, 6.07) is 8.71. The zero-order chi connectivity index (χ0) is 15.3. The van der Waals surface area contributed by atoms with E-state index in [1.165, 1.54) is 0 Å². The first-order chi connectivity index (χ1) is 10.6. The van der Waals surface area contributed by atoms with Gasteiger partial charge in [0.2, 0.25) is 0 Å². The van der Waals surface area contributed by atoms with Crippen molar-refractivity contribution in [3.05, 3.63) is 52.8 Å². The van der Waals surface area contributed by atoms with E-state index in [1.54, 1.807) is 41.8 Å². The first-order valence-electron chi connectivity index (χ1n) is 6.39. The van der Waals surface area contributed by atoms with Gasteiger partial charge in [-0.2, -0.15) is 0 Å². The number of thiazole rings is 1. The highest BCUT2D eigenvalue weighted by Gasteiger charge is 2.12. The second-order valence-electron chi connectivity index (χ2n) is 4.74. The van der Waals surface area contributed by atoms with Gasteiger partial charge in [-0.15, -0.1) is 0 Å². The van der Waals surface area contributed by atoms with E-state index in [-0.39, 0.29) is 5.56 Å². The van der Waals surface area contributed by atoms with Gasteiger partial charge in [-0.3, -0.25) is 4.40 Å². The highest BCUT2D eigenvalue weighted by molar-refractivity contribution is 9.10. The van der Waals surface area contributed by atoms with E-state index in [4.69, 9.17) is 5.11 Å². The summed E-state index contributed by atoms with van der Waals surface area (Å²) in [4.78, 5) is 20.8. The molecule has 0 unspecified atom stereocenters. The zero-order valence-electron chi connectivity index (χ0n) is 11.0. The molecule has 0 bridgehead atoms. The zero-order valence-corrected chi connectivity index (χ0v) is 13.4. The summed E-state index contributed by atoms with van der Waals surface area (Å²) >= 11 is 4.98. The van der Waals surface area contributed by atoms with Crippen LogP contribution in [0.3, 0.4) is 0 Å². The Kier molecular flexibility index (Phi) is 2.98. The van der Waals surface area contributed by atoms with Crippen molar-refractivity contribution in [2.75, 3.05) is 0 Å². The lowest BCUT2D eigenvalue weighted by Crippen LogP contribution is -1.94. The van der Waals surface area contributed by atoms with Crippen molar-refractivity contribution in [1.82, 2.24) is 14.4 Å². The predicted octanol–water partition coefficient (Wildman–Crippen LogP) is 4.07. The van der Waals surface area contributed by atoms with Gasteiger partial charge >= 0.3 is 5.97 Å². The van der Waals surface area contributed by atoms with Crippen LogP contribution < -0.4 is 0 Å². The average Bonchev–Trinajstić information content (AvgIpc) is 3.04. The maximum atomic E-state index is 10.9. The lowest BCUT2D eigenvalue weighted by Gasteiger charge is -1.97. The lowest BCUT2D eigenvalue weighted by molar-refractivity contribution is 0.0697. The number of aromatic carboxylic acids is 1. The summed E-state index contributed by atoms with van der Waals surface area (Å²) in [7, 11) is 0. The molecule has 22 heavy (non-hydrogen) atoms. The molecular formula is C15H8BrN3O2S. The van der Waals surface area contributed by atoms with Gasteiger partial charge in [0.05, 0.1) is 16.0 Å². The maximum absolute atomic E-state index is 10.9. The van der Waals surface area contributed by atoms with Gasteiger partial charge in [0, 0.05) is 22.4 Å². The smallest absolute Gasteiger partial charge is 0.335 e. The molecule has 0 amide bonds. The second kappa shape index (κ2) is 4.89. The first kappa shape index (κ1) is 13.4. The molecule has 3 heterocycles. The number of hydrogen-bond donors (Lipinski definition) is 1. The highest BCUT2D eigenvalue weighted by Crippen LogP contribution is 2.29. The molecule has 0 aliphatic rings. The van der Waals surface area contributed by atoms with Crippen LogP contribution in [0.5, 0.6) is 0 Å². The Morgan fingerprint density at radius 1 is 1.27 bits per heavy atom. The van der Waals surface area contributed by atoms with Crippen LogP contribution in [0.1, 0.15) is 10.4 Å². The molecule has 0 aliphatic heterocycles. The number of aromatic nitrogens is 3. The fraction of sp³-hybridized carbons (Fsp3) is 0. The molecule has 1 aromatic carbocycles. The number of carbonyl (C=O) groups is 1. The Hall–Kier alpha value is -2.25. The number of carboxylic acid groups (broad SMARTS) is 1. The van der Waals surface area contributed by atoms with Crippen LogP contribution in [-0.2, 0) is 0 Å². The third kappa shape index (κ3) is 2.10. The van der Waals surface area contributed by atoms with E-state index in [9.17, 15) is 4.79 Å². The summed E-state index contributed by atoms with van der Waals surface area (Å²) in [5.41, 5.74) is 2.81. The molecule has 108 valence electrons. The monoisotopic (exact) mass is 373 g/mol. The van der Waals surface area contributed by atoms with Crippen molar-refractivity contribution < 1.29 is 9.90 Å². The van der Waals surface area contributed by atoms with Crippen molar-refractivity contribution in [3.63, 3.8) is 0 Å². The number of fused-ring (bicyclic) bond motifs is 3. The SMILES string of the molecule is O=C(O)c1ccc(-c2cn3c(n2)sc2cc(Br)cnc23)cc1. The van der Waals surface area contributed by atoms with Crippen molar-refractivity contribution in [1.29, 1.82) is 0 Å². The number of halogens is 1. The summed E-state index contributed by atoms with van der Waals surface area (Å²) in [5, 5.41) is 8.94. The van der Waals surface area contributed by atoms with E-state index in [0.29, 0.717) is 0 Å². The van der Waals surface area contributed by atoms with Crippen LogP contribution in [-0.4, -0.2) is 25.4 Å².